The average Bonchev–Trinajstić information content (AvgIpc) is 2.42. The Morgan fingerprint density at radius 1 is 1.40 bits per heavy atom. The lowest BCUT2D eigenvalue weighted by atomic mass is 10.2. The van der Waals surface area contributed by atoms with E-state index in [0.717, 1.165) is 0 Å². The predicted molar refractivity (Wildman–Crippen MR) is 77.9 cm³/mol. The van der Waals surface area contributed by atoms with Crippen molar-refractivity contribution in [1.29, 1.82) is 0 Å². The van der Waals surface area contributed by atoms with Gasteiger partial charge < -0.3 is 15.4 Å². The van der Waals surface area contributed by atoms with Crippen LogP contribution in [0.4, 0.5) is 5.69 Å². The second-order valence-electron chi connectivity index (χ2n) is 3.92. The van der Waals surface area contributed by atoms with Gasteiger partial charge in [-0.3, -0.25) is 14.9 Å². The molecular weight excluding hydrogens is 330 g/mol. The summed E-state index contributed by atoms with van der Waals surface area (Å²) < 4.78 is 5.27. The highest BCUT2D eigenvalue weighted by molar-refractivity contribution is 9.10. The van der Waals surface area contributed by atoms with Crippen LogP contribution in [0.15, 0.2) is 22.7 Å². The molecule has 8 heteroatoms. The van der Waals surface area contributed by atoms with Crippen molar-refractivity contribution in [3.63, 3.8) is 0 Å². The summed E-state index contributed by atoms with van der Waals surface area (Å²) in [7, 11) is 1.62. The van der Waals surface area contributed by atoms with Crippen LogP contribution in [-0.2, 0) is 4.74 Å². The number of rotatable bonds is 8. The van der Waals surface area contributed by atoms with Crippen molar-refractivity contribution in [3.8, 4) is 0 Å². The number of nitrogens with zero attached hydrogens (tertiary/aromatic N) is 1. The number of benzene rings is 1. The van der Waals surface area contributed by atoms with Crippen molar-refractivity contribution in [2.45, 2.75) is 0 Å². The van der Waals surface area contributed by atoms with Gasteiger partial charge in [0.15, 0.2) is 0 Å². The first kappa shape index (κ1) is 16.5. The number of amides is 1. The van der Waals surface area contributed by atoms with E-state index < -0.39 is 4.92 Å². The Balaban J connectivity index is 2.45. The minimum Gasteiger partial charge on any atom is -0.383 e. The molecule has 0 radical (unpaired) electrons. The Kier molecular flexibility index (Phi) is 7.13. The van der Waals surface area contributed by atoms with E-state index in [1.807, 2.05) is 0 Å². The van der Waals surface area contributed by atoms with Crippen LogP contribution in [0.3, 0.4) is 0 Å². The van der Waals surface area contributed by atoms with Gasteiger partial charge in [0.2, 0.25) is 0 Å². The van der Waals surface area contributed by atoms with Crippen LogP contribution < -0.4 is 10.6 Å². The van der Waals surface area contributed by atoms with Gasteiger partial charge in [-0.05, 0) is 22.0 Å². The smallest absolute Gasteiger partial charge is 0.270 e. The normalized spacial score (nSPS) is 10.3. The number of methoxy groups -OCH3 is 1. The summed E-state index contributed by atoms with van der Waals surface area (Å²) in [6.45, 7) is 2.42. The number of nitro groups is 1. The monoisotopic (exact) mass is 345 g/mol. The highest BCUT2D eigenvalue weighted by Crippen LogP contribution is 2.22. The maximum Gasteiger partial charge on any atom is 0.270 e. The largest absolute Gasteiger partial charge is 0.383 e. The molecule has 0 aromatic heterocycles. The molecule has 0 unspecified atom stereocenters. The molecule has 1 rings (SSSR count). The molecule has 0 fully saturated rings. The number of non-ortho nitro benzene ring substituents is 1. The summed E-state index contributed by atoms with van der Waals surface area (Å²) in [4.78, 5) is 22.0. The fourth-order valence-corrected chi connectivity index (χ4v) is 2.01. The van der Waals surface area contributed by atoms with E-state index in [0.29, 0.717) is 36.3 Å². The standard InChI is InChI=1S/C12H16BrN3O4/c1-20-7-6-14-4-5-15-12(17)10-3-2-9(16(18)19)8-11(10)13/h2-3,8,14H,4-7H2,1H3,(H,15,17). The predicted octanol–water partition coefficient (Wildman–Crippen LogP) is 1.32. The van der Waals surface area contributed by atoms with Crippen LogP contribution in [0.1, 0.15) is 10.4 Å². The van der Waals surface area contributed by atoms with E-state index in [2.05, 4.69) is 26.6 Å². The van der Waals surface area contributed by atoms with Gasteiger partial charge in [-0.25, -0.2) is 0 Å². The molecule has 2 N–H and O–H groups in total. The molecule has 1 aromatic rings. The second-order valence-corrected chi connectivity index (χ2v) is 4.77. The molecule has 7 nitrogen and oxygen atoms in total. The third-order valence-corrected chi connectivity index (χ3v) is 3.13. The van der Waals surface area contributed by atoms with Crippen LogP contribution >= 0.6 is 15.9 Å². The van der Waals surface area contributed by atoms with Gasteiger partial charge in [0.05, 0.1) is 17.1 Å². The molecule has 1 amide bonds. The number of ether oxygens (including phenoxy) is 1. The fraction of sp³-hybridized carbons (Fsp3) is 0.417. The number of carbonyl (C=O) groups is 1. The number of hydrogen-bond acceptors (Lipinski definition) is 5. The number of carbonyl (C=O) groups excluding carboxylic acids is 1. The first-order chi connectivity index (χ1) is 9.56. The zero-order valence-electron chi connectivity index (χ0n) is 11.0. The molecule has 0 spiro atoms. The van der Waals surface area contributed by atoms with E-state index in [9.17, 15) is 14.9 Å². The number of hydrogen-bond donors (Lipinski definition) is 2. The van der Waals surface area contributed by atoms with Gasteiger partial charge in [-0.15, -0.1) is 0 Å². The van der Waals surface area contributed by atoms with Gasteiger partial charge in [0.1, 0.15) is 0 Å². The Morgan fingerprint density at radius 2 is 2.15 bits per heavy atom. The highest BCUT2D eigenvalue weighted by Gasteiger charge is 2.13. The summed E-state index contributed by atoms with van der Waals surface area (Å²) in [6, 6.07) is 4.04. The summed E-state index contributed by atoms with van der Waals surface area (Å²) in [5.41, 5.74) is 0.308. The Bertz CT molecular complexity index is 482. The molecule has 0 aliphatic rings. The molecule has 0 aliphatic carbocycles. The van der Waals surface area contributed by atoms with Crippen LogP contribution in [-0.4, -0.2) is 44.2 Å². The first-order valence-corrected chi connectivity index (χ1v) is 6.77. The quantitative estimate of drug-likeness (QED) is 0.421. The third kappa shape index (κ3) is 5.24. The average molecular weight is 346 g/mol. The molecule has 20 heavy (non-hydrogen) atoms. The minimum absolute atomic E-state index is 0.0605. The highest BCUT2D eigenvalue weighted by atomic mass is 79.9. The third-order valence-electron chi connectivity index (χ3n) is 2.48. The maximum absolute atomic E-state index is 11.9. The summed E-state index contributed by atoms with van der Waals surface area (Å²) >= 11 is 3.16. The zero-order chi connectivity index (χ0) is 15.0. The van der Waals surface area contributed by atoms with Gasteiger partial charge in [0.25, 0.3) is 11.6 Å². The maximum atomic E-state index is 11.9. The van der Waals surface area contributed by atoms with Crippen molar-refractivity contribution < 1.29 is 14.5 Å². The fourth-order valence-electron chi connectivity index (χ4n) is 1.46. The van der Waals surface area contributed by atoms with Crippen molar-refractivity contribution in [3.05, 3.63) is 38.3 Å². The van der Waals surface area contributed by atoms with E-state index in [1.165, 1.54) is 18.2 Å². The molecule has 0 heterocycles. The molecule has 0 saturated heterocycles. The van der Waals surface area contributed by atoms with Crippen molar-refractivity contribution in [2.75, 3.05) is 33.4 Å². The number of halogens is 1. The van der Waals surface area contributed by atoms with Gasteiger partial charge >= 0.3 is 0 Å². The van der Waals surface area contributed by atoms with Gasteiger partial charge in [-0.1, -0.05) is 0 Å². The van der Waals surface area contributed by atoms with E-state index in [1.54, 1.807) is 7.11 Å². The summed E-state index contributed by atoms with van der Waals surface area (Å²) in [5.74, 6) is -0.277. The van der Waals surface area contributed by atoms with E-state index in [4.69, 9.17) is 4.74 Å². The minimum atomic E-state index is -0.508. The lowest BCUT2D eigenvalue weighted by molar-refractivity contribution is -0.384. The Labute approximate surface area is 125 Å². The van der Waals surface area contributed by atoms with E-state index in [-0.39, 0.29) is 11.6 Å². The molecule has 110 valence electrons. The Hall–Kier alpha value is -1.51. The molecule has 1 aromatic carbocycles. The molecule has 0 saturated carbocycles. The van der Waals surface area contributed by atoms with Crippen molar-refractivity contribution in [2.24, 2.45) is 0 Å². The lowest BCUT2D eigenvalue weighted by Gasteiger charge is -2.07. The topological polar surface area (TPSA) is 93.5 Å². The SMILES string of the molecule is COCCNCCNC(=O)c1ccc([N+](=O)[O-])cc1Br. The summed E-state index contributed by atoms with van der Waals surface area (Å²) in [6.07, 6.45) is 0. The van der Waals surface area contributed by atoms with Crippen LogP contribution in [0.25, 0.3) is 0 Å². The Morgan fingerprint density at radius 3 is 2.75 bits per heavy atom. The molecule has 0 bridgehead atoms. The molecular formula is C12H16BrN3O4. The van der Waals surface area contributed by atoms with Crippen LogP contribution in [0.5, 0.6) is 0 Å². The van der Waals surface area contributed by atoms with Crippen molar-refractivity contribution >= 4 is 27.5 Å². The number of nitro benzene ring substituents is 1. The van der Waals surface area contributed by atoms with Crippen molar-refractivity contribution in [1.82, 2.24) is 10.6 Å². The van der Waals surface area contributed by atoms with Gasteiger partial charge in [0, 0.05) is 43.3 Å². The second kappa shape index (κ2) is 8.62. The zero-order valence-corrected chi connectivity index (χ0v) is 12.6. The van der Waals surface area contributed by atoms with Crippen LogP contribution in [0, 0.1) is 10.1 Å². The van der Waals surface area contributed by atoms with Gasteiger partial charge in [-0.2, -0.15) is 0 Å². The molecule has 0 atom stereocenters. The van der Waals surface area contributed by atoms with Crippen LogP contribution in [0.2, 0.25) is 0 Å². The van der Waals surface area contributed by atoms with E-state index >= 15 is 0 Å². The summed E-state index contributed by atoms with van der Waals surface area (Å²) in [5, 5.41) is 16.4. The lowest BCUT2D eigenvalue weighted by Crippen LogP contribution is -2.33. The molecule has 0 aliphatic heterocycles. The number of nitrogens with one attached hydrogen (secondary N) is 2. The first-order valence-electron chi connectivity index (χ1n) is 5.98.